The average Bonchev–Trinajstić information content (AvgIpc) is 2.53. The molecule has 3 N–H and O–H groups in total. The molecule has 1 aromatic carbocycles. The molecule has 0 saturated heterocycles. The molecule has 3 heteroatoms. The van der Waals surface area contributed by atoms with Crippen LogP contribution in [0.4, 0.5) is 0 Å². The summed E-state index contributed by atoms with van der Waals surface area (Å²) in [5, 5.41) is 2.09. The number of benzene rings is 1. The minimum Gasteiger partial charge on any atom is -0.358 e. The van der Waals surface area contributed by atoms with E-state index < -0.39 is 0 Å². The van der Waals surface area contributed by atoms with E-state index in [4.69, 9.17) is 17.3 Å². The second kappa shape index (κ2) is 3.26. The fourth-order valence-electron chi connectivity index (χ4n) is 2.44. The van der Waals surface area contributed by atoms with Crippen molar-refractivity contribution in [1.29, 1.82) is 0 Å². The first-order valence-corrected chi connectivity index (χ1v) is 5.66. The number of fused-ring (bicyclic) bond motifs is 3. The quantitative estimate of drug-likeness (QED) is 0.704. The van der Waals surface area contributed by atoms with Crippen molar-refractivity contribution in [3.05, 3.63) is 34.5 Å². The van der Waals surface area contributed by atoms with Crippen LogP contribution in [0.2, 0.25) is 5.02 Å². The van der Waals surface area contributed by atoms with E-state index in [0.29, 0.717) is 6.04 Å². The number of aryl methyl sites for hydroxylation is 1. The standard InChI is InChI=1S/C12H13ClN2/c13-7-1-3-9-10-4-2-8(14)6-12(10)15-11(9)5-7/h1,3,5,8,15H,2,4,6,14H2. The van der Waals surface area contributed by atoms with E-state index in [1.54, 1.807) is 0 Å². The molecular formula is C12H13ClN2. The normalized spacial score (nSPS) is 20.5. The molecule has 0 fully saturated rings. The molecule has 1 aliphatic rings. The molecular weight excluding hydrogens is 208 g/mol. The molecule has 78 valence electrons. The summed E-state index contributed by atoms with van der Waals surface area (Å²) in [4.78, 5) is 3.42. The zero-order valence-electron chi connectivity index (χ0n) is 8.39. The lowest BCUT2D eigenvalue weighted by Crippen LogP contribution is -2.27. The lowest BCUT2D eigenvalue weighted by molar-refractivity contribution is 0.572. The summed E-state index contributed by atoms with van der Waals surface area (Å²) >= 11 is 5.97. The van der Waals surface area contributed by atoms with Gasteiger partial charge in [-0.15, -0.1) is 0 Å². The minimum absolute atomic E-state index is 0.307. The maximum atomic E-state index is 5.97. The molecule has 15 heavy (non-hydrogen) atoms. The van der Waals surface area contributed by atoms with Gasteiger partial charge in [0.2, 0.25) is 0 Å². The van der Waals surface area contributed by atoms with Gasteiger partial charge in [-0.1, -0.05) is 17.7 Å². The lowest BCUT2D eigenvalue weighted by Gasteiger charge is -2.17. The highest BCUT2D eigenvalue weighted by Gasteiger charge is 2.19. The average molecular weight is 221 g/mol. The molecule has 0 radical (unpaired) electrons. The van der Waals surface area contributed by atoms with Gasteiger partial charge in [-0.05, 0) is 30.5 Å². The van der Waals surface area contributed by atoms with Crippen molar-refractivity contribution in [3.8, 4) is 0 Å². The van der Waals surface area contributed by atoms with Crippen LogP contribution in [-0.2, 0) is 12.8 Å². The first-order chi connectivity index (χ1) is 7.24. The van der Waals surface area contributed by atoms with Crippen molar-refractivity contribution in [3.63, 3.8) is 0 Å². The first-order valence-electron chi connectivity index (χ1n) is 5.28. The second-order valence-corrected chi connectivity index (χ2v) is 4.71. The highest BCUT2D eigenvalue weighted by molar-refractivity contribution is 6.31. The number of halogens is 1. The molecule has 2 aromatic rings. The Labute approximate surface area is 93.4 Å². The Kier molecular flexibility index (Phi) is 2.01. The number of rotatable bonds is 0. The van der Waals surface area contributed by atoms with Crippen LogP contribution in [0.15, 0.2) is 18.2 Å². The van der Waals surface area contributed by atoms with E-state index in [1.165, 1.54) is 16.6 Å². The van der Waals surface area contributed by atoms with Gasteiger partial charge in [-0.3, -0.25) is 0 Å². The molecule has 2 nitrogen and oxygen atoms in total. The molecule has 3 rings (SSSR count). The Morgan fingerprint density at radius 2 is 2.27 bits per heavy atom. The highest BCUT2D eigenvalue weighted by atomic mass is 35.5. The molecule has 0 amide bonds. The van der Waals surface area contributed by atoms with Crippen molar-refractivity contribution in [2.24, 2.45) is 5.73 Å². The maximum Gasteiger partial charge on any atom is 0.0473 e. The largest absolute Gasteiger partial charge is 0.358 e. The number of hydrogen-bond acceptors (Lipinski definition) is 1. The second-order valence-electron chi connectivity index (χ2n) is 4.27. The first kappa shape index (κ1) is 9.25. The fourth-order valence-corrected chi connectivity index (χ4v) is 2.61. The molecule has 0 spiro atoms. The number of hydrogen-bond donors (Lipinski definition) is 2. The topological polar surface area (TPSA) is 41.8 Å². The molecule has 1 aliphatic carbocycles. The van der Waals surface area contributed by atoms with Gasteiger partial charge in [-0.25, -0.2) is 0 Å². The Balaban J connectivity index is 2.23. The smallest absolute Gasteiger partial charge is 0.0473 e. The van der Waals surface area contributed by atoms with Gasteiger partial charge in [0.15, 0.2) is 0 Å². The SMILES string of the molecule is NC1CCc2c([nH]c3cc(Cl)ccc23)C1. The summed E-state index contributed by atoms with van der Waals surface area (Å²) in [6.07, 6.45) is 3.13. The molecule has 0 saturated carbocycles. The van der Waals surface area contributed by atoms with Crippen LogP contribution in [0.25, 0.3) is 10.9 Å². The fraction of sp³-hybridized carbons (Fsp3) is 0.333. The van der Waals surface area contributed by atoms with Gasteiger partial charge >= 0.3 is 0 Å². The molecule has 0 aliphatic heterocycles. The van der Waals surface area contributed by atoms with E-state index in [2.05, 4.69) is 11.1 Å². The predicted molar refractivity (Wildman–Crippen MR) is 63.3 cm³/mol. The molecule has 1 heterocycles. The van der Waals surface area contributed by atoms with E-state index in [-0.39, 0.29) is 0 Å². The third kappa shape index (κ3) is 1.45. The van der Waals surface area contributed by atoms with Gasteiger partial charge in [0, 0.05) is 34.1 Å². The molecule has 1 atom stereocenters. The number of nitrogens with one attached hydrogen (secondary N) is 1. The maximum absolute atomic E-state index is 5.97. The Morgan fingerprint density at radius 3 is 3.13 bits per heavy atom. The number of aromatic nitrogens is 1. The van der Waals surface area contributed by atoms with Crippen LogP contribution in [-0.4, -0.2) is 11.0 Å². The Bertz CT molecular complexity index is 516. The number of H-pyrrole nitrogens is 1. The van der Waals surface area contributed by atoms with Crippen molar-refractivity contribution in [1.82, 2.24) is 4.98 Å². The summed E-state index contributed by atoms with van der Waals surface area (Å²) in [6.45, 7) is 0. The summed E-state index contributed by atoms with van der Waals surface area (Å²) in [5.74, 6) is 0. The van der Waals surface area contributed by atoms with Crippen LogP contribution in [0.3, 0.4) is 0 Å². The number of aromatic amines is 1. The van der Waals surface area contributed by atoms with Gasteiger partial charge in [0.1, 0.15) is 0 Å². The highest BCUT2D eigenvalue weighted by Crippen LogP contribution is 2.30. The summed E-state index contributed by atoms with van der Waals surface area (Å²) in [6, 6.07) is 6.35. The van der Waals surface area contributed by atoms with Crippen molar-refractivity contribution in [2.45, 2.75) is 25.3 Å². The summed E-state index contributed by atoms with van der Waals surface area (Å²) < 4.78 is 0. The van der Waals surface area contributed by atoms with Crippen LogP contribution in [0.1, 0.15) is 17.7 Å². The summed E-state index contributed by atoms with van der Waals surface area (Å²) in [7, 11) is 0. The van der Waals surface area contributed by atoms with Gasteiger partial charge in [-0.2, -0.15) is 0 Å². The summed E-state index contributed by atoms with van der Waals surface area (Å²) in [5.41, 5.74) is 9.83. The van der Waals surface area contributed by atoms with Crippen LogP contribution >= 0.6 is 11.6 Å². The van der Waals surface area contributed by atoms with E-state index >= 15 is 0 Å². The van der Waals surface area contributed by atoms with E-state index in [9.17, 15) is 0 Å². The van der Waals surface area contributed by atoms with E-state index in [0.717, 1.165) is 29.8 Å². The molecule has 1 unspecified atom stereocenters. The van der Waals surface area contributed by atoms with Crippen molar-refractivity contribution < 1.29 is 0 Å². The Morgan fingerprint density at radius 1 is 1.40 bits per heavy atom. The van der Waals surface area contributed by atoms with Gasteiger partial charge in [0.25, 0.3) is 0 Å². The van der Waals surface area contributed by atoms with E-state index in [1.807, 2.05) is 12.1 Å². The van der Waals surface area contributed by atoms with Gasteiger partial charge in [0.05, 0.1) is 0 Å². The van der Waals surface area contributed by atoms with Crippen LogP contribution < -0.4 is 5.73 Å². The minimum atomic E-state index is 0.307. The van der Waals surface area contributed by atoms with Gasteiger partial charge < -0.3 is 10.7 Å². The predicted octanol–water partition coefficient (Wildman–Crippen LogP) is 2.64. The van der Waals surface area contributed by atoms with Crippen molar-refractivity contribution >= 4 is 22.5 Å². The molecule has 0 bridgehead atoms. The monoisotopic (exact) mass is 220 g/mol. The van der Waals surface area contributed by atoms with Crippen molar-refractivity contribution in [2.75, 3.05) is 0 Å². The zero-order valence-corrected chi connectivity index (χ0v) is 9.14. The zero-order chi connectivity index (χ0) is 10.4. The van der Waals surface area contributed by atoms with Crippen LogP contribution in [0.5, 0.6) is 0 Å². The third-order valence-corrected chi connectivity index (χ3v) is 3.42. The molecule has 1 aromatic heterocycles. The third-order valence-electron chi connectivity index (χ3n) is 3.19. The Hall–Kier alpha value is -0.990. The number of nitrogens with two attached hydrogens (primary N) is 1. The van der Waals surface area contributed by atoms with Crippen LogP contribution in [0, 0.1) is 0 Å². The lowest BCUT2D eigenvalue weighted by atomic mass is 9.92.